The zero-order valence-electron chi connectivity index (χ0n) is 10.0. The molecule has 1 heterocycles. The van der Waals surface area contributed by atoms with Crippen LogP contribution in [0.2, 0.25) is 0 Å². The highest BCUT2D eigenvalue weighted by molar-refractivity contribution is 9.10. The van der Waals surface area contributed by atoms with E-state index in [1.54, 1.807) is 12.3 Å². The lowest BCUT2D eigenvalue weighted by molar-refractivity contribution is 0.318. The van der Waals surface area contributed by atoms with Crippen LogP contribution in [0.5, 0.6) is 0 Å². The van der Waals surface area contributed by atoms with Gasteiger partial charge in [-0.15, -0.1) is 0 Å². The third kappa shape index (κ3) is 3.45. The standard InChI is InChI=1S/C12H11BrN4OS/c1-7-4-5-15-12(16-7)19-10-3-2-8(13)6-9(10)11(14)17-18/h2-6,18H,1H3,(H2,14,17). The van der Waals surface area contributed by atoms with Crippen LogP contribution in [-0.4, -0.2) is 21.0 Å². The van der Waals surface area contributed by atoms with Crippen molar-refractivity contribution in [2.75, 3.05) is 0 Å². The van der Waals surface area contributed by atoms with Gasteiger partial charge < -0.3 is 10.9 Å². The second kappa shape index (κ2) is 6.03. The summed E-state index contributed by atoms with van der Waals surface area (Å²) in [6.07, 6.45) is 1.70. The Balaban J connectivity index is 2.40. The van der Waals surface area contributed by atoms with Gasteiger partial charge in [-0.25, -0.2) is 9.97 Å². The summed E-state index contributed by atoms with van der Waals surface area (Å²) in [6, 6.07) is 7.36. The van der Waals surface area contributed by atoms with E-state index in [0.717, 1.165) is 15.1 Å². The number of hydrogen-bond donors (Lipinski definition) is 2. The molecule has 7 heteroatoms. The van der Waals surface area contributed by atoms with Crippen molar-refractivity contribution in [1.82, 2.24) is 9.97 Å². The fourth-order valence-electron chi connectivity index (χ4n) is 1.42. The van der Waals surface area contributed by atoms with E-state index >= 15 is 0 Å². The minimum absolute atomic E-state index is 0.0523. The lowest BCUT2D eigenvalue weighted by Gasteiger charge is -2.07. The summed E-state index contributed by atoms with van der Waals surface area (Å²) in [5.74, 6) is 0.0523. The Bertz CT molecular complexity index is 633. The number of amidine groups is 1. The Morgan fingerprint density at radius 3 is 2.89 bits per heavy atom. The first-order chi connectivity index (χ1) is 9.10. The number of aryl methyl sites for hydroxylation is 1. The molecule has 1 aromatic carbocycles. The molecule has 5 nitrogen and oxygen atoms in total. The maximum atomic E-state index is 8.82. The van der Waals surface area contributed by atoms with Crippen LogP contribution in [0.25, 0.3) is 0 Å². The molecular weight excluding hydrogens is 328 g/mol. The average Bonchev–Trinajstić information content (AvgIpc) is 2.40. The molecule has 0 unspecified atom stereocenters. The van der Waals surface area contributed by atoms with Gasteiger partial charge in [-0.2, -0.15) is 0 Å². The molecular formula is C12H11BrN4OS. The molecule has 0 fully saturated rings. The number of rotatable bonds is 3. The Hall–Kier alpha value is -1.60. The van der Waals surface area contributed by atoms with E-state index in [2.05, 4.69) is 31.1 Å². The maximum absolute atomic E-state index is 8.82. The highest BCUT2D eigenvalue weighted by Crippen LogP contribution is 2.30. The molecule has 0 saturated carbocycles. The van der Waals surface area contributed by atoms with Crippen molar-refractivity contribution < 1.29 is 5.21 Å². The fourth-order valence-corrected chi connectivity index (χ4v) is 2.69. The van der Waals surface area contributed by atoms with Gasteiger partial charge in [-0.1, -0.05) is 21.1 Å². The molecule has 1 aromatic heterocycles. The number of hydrogen-bond acceptors (Lipinski definition) is 5. The number of halogens is 1. The van der Waals surface area contributed by atoms with Crippen LogP contribution in [0, 0.1) is 6.92 Å². The Morgan fingerprint density at radius 2 is 2.21 bits per heavy atom. The molecule has 0 bridgehead atoms. The molecule has 0 radical (unpaired) electrons. The van der Waals surface area contributed by atoms with Gasteiger partial charge in [0.25, 0.3) is 0 Å². The van der Waals surface area contributed by atoms with Gasteiger partial charge in [0.2, 0.25) is 0 Å². The largest absolute Gasteiger partial charge is 0.409 e. The monoisotopic (exact) mass is 338 g/mol. The van der Waals surface area contributed by atoms with E-state index in [4.69, 9.17) is 10.9 Å². The molecule has 0 atom stereocenters. The zero-order valence-corrected chi connectivity index (χ0v) is 12.4. The normalized spacial score (nSPS) is 11.6. The van der Waals surface area contributed by atoms with Gasteiger partial charge in [-0.05, 0) is 43.0 Å². The first-order valence-corrected chi connectivity index (χ1v) is 6.96. The number of aromatic nitrogens is 2. The van der Waals surface area contributed by atoms with Crippen LogP contribution in [-0.2, 0) is 0 Å². The SMILES string of the molecule is Cc1ccnc(Sc2ccc(Br)cc2/C(N)=N/O)n1. The third-order valence-electron chi connectivity index (χ3n) is 2.30. The van der Waals surface area contributed by atoms with Crippen molar-refractivity contribution >= 4 is 33.5 Å². The number of nitrogens with two attached hydrogens (primary N) is 1. The summed E-state index contributed by atoms with van der Waals surface area (Å²) >= 11 is 4.72. The van der Waals surface area contributed by atoms with Crippen LogP contribution in [0.3, 0.4) is 0 Å². The molecule has 0 aliphatic carbocycles. The minimum atomic E-state index is 0.0523. The first kappa shape index (κ1) is 13.8. The molecule has 98 valence electrons. The summed E-state index contributed by atoms with van der Waals surface area (Å²) < 4.78 is 0.851. The average molecular weight is 339 g/mol. The molecule has 0 saturated heterocycles. The van der Waals surface area contributed by atoms with E-state index in [0.29, 0.717) is 10.7 Å². The molecule has 0 spiro atoms. The second-order valence-corrected chi connectivity index (χ2v) is 5.63. The lowest BCUT2D eigenvalue weighted by Crippen LogP contribution is -2.14. The Labute approximate surface area is 123 Å². The number of benzene rings is 1. The predicted molar refractivity (Wildman–Crippen MR) is 77.5 cm³/mol. The van der Waals surface area contributed by atoms with Crippen molar-refractivity contribution in [3.8, 4) is 0 Å². The van der Waals surface area contributed by atoms with Crippen molar-refractivity contribution in [3.63, 3.8) is 0 Å². The van der Waals surface area contributed by atoms with Gasteiger partial charge in [0.15, 0.2) is 11.0 Å². The van der Waals surface area contributed by atoms with Gasteiger partial charge in [-0.3, -0.25) is 0 Å². The van der Waals surface area contributed by atoms with Crippen molar-refractivity contribution in [3.05, 3.63) is 46.2 Å². The number of oxime groups is 1. The van der Waals surface area contributed by atoms with E-state index in [1.807, 2.05) is 25.1 Å². The van der Waals surface area contributed by atoms with Gasteiger partial charge >= 0.3 is 0 Å². The topological polar surface area (TPSA) is 84.4 Å². The number of nitrogens with zero attached hydrogens (tertiary/aromatic N) is 3. The Morgan fingerprint density at radius 1 is 1.42 bits per heavy atom. The predicted octanol–water partition coefficient (Wildman–Crippen LogP) is 2.79. The summed E-state index contributed by atoms with van der Waals surface area (Å²) in [7, 11) is 0. The highest BCUT2D eigenvalue weighted by Gasteiger charge is 2.11. The van der Waals surface area contributed by atoms with Gasteiger partial charge in [0, 0.05) is 26.8 Å². The minimum Gasteiger partial charge on any atom is -0.409 e. The van der Waals surface area contributed by atoms with Crippen molar-refractivity contribution in [2.24, 2.45) is 10.9 Å². The van der Waals surface area contributed by atoms with Crippen LogP contribution in [0.4, 0.5) is 0 Å². The fraction of sp³-hybridized carbons (Fsp3) is 0.0833. The van der Waals surface area contributed by atoms with E-state index in [9.17, 15) is 0 Å². The Kier molecular flexibility index (Phi) is 4.39. The first-order valence-electron chi connectivity index (χ1n) is 5.35. The van der Waals surface area contributed by atoms with Crippen LogP contribution >= 0.6 is 27.7 Å². The molecule has 2 rings (SSSR count). The second-order valence-electron chi connectivity index (χ2n) is 3.71. The van der Waals surface area contributed by atoms with Gasteiger partial charge in [0.1, 0.15) is 0 Å². The lowest BCUT2D eigenvalue weighted by atomic mass is 10.2. The molecule has 0 amide bonds. The molecule has 0 aliphatic rings. The summed E-state index contributed by atoms with van der Waals surface area (Å²) in [6.45, 7) is 1.90. The van der Waals surface area contributed by atoms with Crippen molar-refractivity contribution in [1.29, 1.82) is 0 Å². The smallest absolute Gasteiger partial charge is 0.192 e. The summed E-state index contributed by atoms with van der Waals surface area (Å²) in [4.78, 5) is 9.32. The molecule has 3 N–H and O–H groups in total. The quantitative estimate of drug-likeness (QED) is 0.295. The van der Waals surface area contributed by atoms with Crippen LogP contribution < -0.4 is 5.73 Å². The van der Waals surface area contributed by atoms with Crippen LogP contribution in [0.15, 0.2) is 50.1 Å². The molecule has 19 heavy (non-hydrogen) atoms. The third-order valence-corrected chi connectivity index (χ3v) is 3.75. The zero-order chi connectivity index (χ0) is 13.8. The molecule has 2 aromatic rings. The van der Waals surface area contributed by atoms with Crippen LogP contribution in [0.1, 0.15) is 11.3 Å². The van der Waals surface area contributed by atoms with Gasteiger partial charge in [0.05, 0.1) is 0 Å². The maximum Gasteiger partial charge on any atom is 0.192 e. The van der Waals surface area contributed by atoms with E-state index in [-0.39, 0.29) is 5.84 Å². The van der Waals surface area contributed by atoms with Crippen molar-refractivity contribution in [2.45, 2.75) is 17.0 Å². The summed E-state index contributed by atoms with van der Waals surface area (Å²) in [5, 5.41) is 12.5. The molecule has 0 aliphatic heterocycles. The summed E-state index contributed by atoms with van der Waals surface area (Å²) in [5.41, 5.74) is 7.19. The van der Waals surface area contributed by atoms with E-state index < -0.39 is 0 Å². The van der Waals surface area contributed by atoms with E-state index in [1.165, 1.54) is 11.8 Å². The highest BCUT2D eigenvalue weighted by atomic mass is 79.9.